The van der Waals surface area contributed by atoms with E-state index in [9.17, 15) is 9.90 Å². The minimum absolute atomic E-state index is 0.0695. The highest BCUT2D eigenvalue weighted by atomic mass is 16.5. The fourth-order valence-electron chi connectivity index (χ4n) is 6.55. The van der Waals surface area contributed by atoms with Crippen LogP contribution in [-0.4, -0.2) is 59.9 Å². The zero-order valence-corrected chi connectivity index (χ0v) is 14.9. The number of nitrogens with zero attached hydrogens (tertiary/aromatic N) is 2. The van der Waals surface area contributed by atoms with Gasteiger partial charge >= 0.3 is 0 Å². The van der Waals surface area contributed by atoms with E-state index in [0.29, 0.717) is 0 Å². The Morgan fingerprint density at radius 3 is 2.84 bits per heavy atom. The maximum absolute atomic E-state index is 13.7. The number of methoxy groups -OCH3 is 1. The lowest BCUT2D eigenvalue weighted by atomic mass is 9.58. The topological polar surface area (TPSA) is 53.0 Å². The predicted octanol–water partition coefficient (Wildman–Crippen LogP) is 2.04. The van der Waals surface area contributed by atoms with Crippen LogP contribution < -0.4 is 4.90 Å². The highest BCUT2D eigenvalue weighted by Crippen LogP contribution is 2.61. The second kappa shape index (κ2) is 5.06. The summed E-state index contributed by atoms with van der Waals surface area (Å²) in [6, 6.07) is 7.92. The van der Waals surface area contributed by atoms with Crippen molar-refractivity contribution in [3.8, 4) is 0 Å². The van der Waals surface area contributed by atoms with Gasteiger partial charge in [0.05, 0.1) is 5.69 Å². The number of para-hydroxylation sites is 1. The largest absolute Gasteiger partial charge is 0.388 e. The second-order valence-electron chi connectivity index (χ2n) is 8.09. The van der Waals surface area contributed by atoms with Gasteiger partial charge in [0.25, 0.3) is 0 Å². The Morgan fingerprint density at radius 1 is 1.28 bits per heavy atom. The molecule has 4 aliphatic heterocycles. The number of aliphatic hydroxyl groups is 1. The van der Waals surface area contributed by atoms with E-state index in [2.05, 4.69) is 16.7 Å². The molecule has 4 heterocycles. The van der Waals surface area contributed by atoms with Crippen LogP contribution in [0.2, 0.25) is 0 Å². The van der Waals surface area contributed by atoms with Gasteiger partial charge in [-0.2, -0.15) is 0 Å². The van der Waals surface area contributed by atoms with E-state index >= 15 is 0 Å². The van der Waals surface area contributed by atoms with Gasteiger partial charge in [-0.25, -0.2) is 0 Å². The number of hydrogen-bond donors (Lipinski definition) is 1. The highest BCUT2D eigenvalue weighted by molar-refractivity contribution is 6.15. The Labute approximate surface area is 148 Å². The molecular weight excluding hydrogens is 316 g/mol. The average Bonchev–Trinajstić information content (AvgIpc) is 3.16. The number of carbonyl (C=O) groups excluding carboxylic acids is 1. The van der Waals surface area contributed by atoms with Gasteiger partial charge in [-0.3, -0.25) is 9.69 Å². The summed E-state index contributed by atoms with van der Waals surface area (Å²) in [5, 5.41) is 11.4. The van der Waals surface area contributed by atoms with Gasteiger partial charge in [-0.1, -0.05) is 19.1 Å². The molecule has 0 unspecified atom stereocenters. The lowest BCUT2D eigenvalue weighted by molar-refractivity contribution is -0.164. The van der Waals surface area contributed by atoms with E-state index in [1.807, 2.05) is 24.3 Å². The van der Waals surface area contributed by atoms with Gasteiger partial charge in [0.1, 0.15) is 11.6 Å². The molecule has 0 saturated carbocycles. The van der Waals surface area contributed by atoms with Crippen LogP contribution in [0.3, 0.4) is 0 Å². The summed E-state index contributed by atoms with van der Waals surface area (Å²) in [6.07, 6.45) is 2.66. The Morgan fingerprint density at radius 2 is 2.08 bits per heavy atom. The van der Waals surface area contributed by atoms with Crippen LogP contribution in [-0.2, 0) is 4.74 Å². The van der Waals surface area contributed by atoms with E-state index in [-0.39, 0.29) is 17.2 Å². The lowest BCUT2D eigenvalue weighted by Gasteiger charge is -2.62. The van der Waals surface area contributed by atoms with Crippen molar-refractivity contribution in [2.24, 2.45) is 5.41 Å². The number of Topliss-reactive ketones (excluding diaryl/α,β-unsaturated/α-hetero) is 1. The number of carbonyl (C=O) groups is 1. The third kappa shape index (κ3) is 1.59. The molecule has 1 N–H and O–H groups in total. The molecule has 1 aromatic carbocycles. The van der Waals surface area contributed by atoms with Crippen molar-refractivity contribution in [2.45, 2.75) is 56.5 Å². The molecule has 5 atom stereocenters. The number of fused-ring (bicyclic) bond motifs is 2. The van der Waals surface area contributed by atoms with Gasteiger partial charge in [0.15, 0.2) is 12.0 Å². The molecule has 25 heavy (non-hydrogen) atoms. The summed E-state index contributed by atoms with van der Waals surface area (Å²) in [4.78, 5) is 18.3. The summed E-state index contributed by atoms with van der Waals surface area (Å²) in [7, 11) is 1.66. The number of rotatable bonds is 2. The average molecular weight is 342 g/mol. The molecule has 4 aliphatic rings. The Hall–Kier alpha value is -1.43. The van der Waals surface area contributed by atoms with E-state index in [1.54, 1.807) is 7.11 Å². The summed E-state index contributed by atoms with van der Waals surface area (Å²) in [6.45, 7) is 4.11. The number of ether oxygens (including phenoxy) is 1. The van der Waals surface area contributed by atoms with Gasteiger partial charge in [0, 0.05) is 30.7 Å². The van der Waals surface area contributed by atoms with E-state index in [0.717, 1.165) is 50.0 Å². The van der Waals surface area contributed by atoms with Crippen LogP contribution in [0.25, 0.3) is 0 Å². The van der Waals surface area contributed by atoms with Crippen molar-refractivity contribution in [1.82, 2.24) is 4.90 Å². The van der Waals surface area contributed by atoms with Crippen LogP contribution in [0, 0.1) is 5.41 Å². The third-order valence-electron chi connectivity index (χ3n) is 7.47. The van der Waals surface area contributed by atoms with Crippen molar-refractivity contribution >= 4 is 11.5 Å². The van der Waals surface area contributed by atoms with Crippen molar-refractivity contribution in [3.05, 3.63) is 29.8 Å². The molecule has 0 amide bonds. The smallest absolute Gasteiger partial charge is 0.192 e. The van der Waals surface area contributed by atoms with E-state index in [1.165, 1.54) is 0 Å². The molecule has 0 aliphatic carbocycles. The molecule has 0 radical (unpaired) electrons. The van der Waals surface area contributed by atoms with Crippen molar-refractivity contribution < 1.29 is 14.6 Å². The molecule has 3 fully saturated rings. The van der Waals surface area contributed by atoms with Crippen LogP contribution in [0.1, 0.15) is 43.0 Å². The molecule has 5 heteroatoms. The molecule has 1 spiro atoms. The van der Waals surface area contributed by atoms with Crippen LogP contribution in [0.4, 0.5) is 5.69 Å². The maximum atomic E-state index is 13.7. The van der Waals surface area contributed by atoms with Crippen molar-refractivity contribution in [3.63, 3.8) is 0 Å². The molecule has 3 saturated heterocycles. The molecule has 134 valence electrons. The first-order chi connectivity index (χ1) is 12.1. The molecule has 5 nitrogen and oxygen atoms in total. The van der Waals surface area contributed by atoms with Gasteiger partial charge < -0.3 is 14.7 Å². The zero-order valence-electron chi connectivity index (χ0n) is 14.9. The molecule has 5 rings (SSSR count). The molecule has 0 aromatic heterocycles. The number of piperidine rings is 2. The minimum atomic E-state index is -0.597. The summed E-state index contributed by atoms with van der Waals surface area (Å²) >= 11 is 0. The standard InChI is InChI=1S/C20H26N2O3/c1-3-19-9-6-11-21-12-10-20(18(19)21)15(23)13-7-4-5-8-14(13)22(20)17(25-2)16(19)24/h4-5,7-8,16-18,24H,3,6,9-12H2,1-2H3/t16-,17+,18-,19-,20+/m1/s1. The van der Waals surface area contributed by atoms with Gasteiger partial charge in [0.2, 0.25) is 0 Å². The number of aliphatic hydroxyl groups excluding tert-OH is 1. The van der Waals surface area contributed by atoms with Crippen molar-refractivity contribution in [2.75, 3.05) is 25.1 Å². The maximum Gasteiger partial charge on any atom is 0.192 e. The minimum Gasteiger partial charge on any atom is -0.388 e. The van der Waals surface area contributed by atoms with Crippen LogP contribution in [0.5, 0.6) is 0 Å². The fraction of sp³-hybridized carbons (Fsp3) is 0.650. The zero-order chi connectivity index (χ0) is 17.4. The van der Waals surface area contributed by atoms with E-state index < -0.39 is 17.9 Å². The quantitative estimate of drug-likeness (QED) is 0.891. The molecular formula is C20H26N2O3. The number of ketones is 1. The monoisotopic (exact) mass is 342 g/mol. The lowest BCUT2D eigenvalue weighted by Crippen LogP contribution is -2.78. The van der Waals surface area contributed by atoms with E-state index in [4.69, 9.17) is 4.74 Å². The van der Waals surface area contributed by atoms with Gasteiger partial charge in [-0.05, 0) is 44.4 Å². The Balaban J connectivity index is 1.79. The summed E-state index contributed by atoms with van der Waals surface area (Å²) < 4.78 is 5.85. The first kappa shape index (κ1) is 15.8. The van der Waals surface area contributed by atoms with Crippen LogP contribution >= 0.6 is 0 Å². The fourth-order valence-corrected chi connectivity index (χ4v) is 6.55. The first-order valence-corrected chi connectivity index (χ1v) is 9.50. The number of hydrogen-bond acceptors (Lipinski definition) is 5. The Bertz CT molecular complexity index is 737. The van der Waals surface area contributed by atoms with Crippen LogP contribution in [0.15, 0.2) is 24.3 Å². The second-order valence-corrected chi connectivity index (χ2v) is 8.09. The highest BCUT2D eigenvalue weighted by Gasteiger charge is 2.73. The number of anilines is 1. The summed E-state index contributed by atoms with van der Waals surface area (Å²) in [5.74, 6) is 0.226. The van der Waals surface area contributed by atoms with Crippen molar-refractivity contribution in [1.29, 1.82) is 0 Å². The predicted molar refractivity (Wildman–Crippen MR) is 94.7 cm³/mol. The number of benzene rings is 1. The summed E-state index contributed by atoms with van der Waals surface area (Å²) in [5.41, 5.74) is 0.857. The molecule has 1 aromatic rings. The Kier molecular flexibility index (Phi) is 3.20. The SMILES string of the molecule is CC[C@@]12CCCN3CC[C@]4(C(=O)c5ccccc5N4[C@@H](OC)[C@H]1O)[C@H]32. The normalized spacial score (nSPS) is 42.3. The third-order valence-corrected chi connectivity index (χ3v) is 7.47. The molecule has 0 bridgehead atoms. The van der Waals surface area contributed by atoms with Gasteiger partial charge in [-0.15, -0.1) is 0 Å². The first-order valence-electron chi connectivity index (χ1n) is 9.50.